The van der Waals surface area contributed by atoms with Gasteiger partial charge in [-0.05, 0) is 31.4 Å². The number of carboxylic acid groups (broad SMARTS) is 1. The van der Waals surface area contributed by atoms with E-state index in [1.807, 2.05) is 30.3 Å². The number of rotatable bonds is 8. The molecule has 0 aliphatic carbocycles. The summed E-state index contributed by atoms with van der Waals surface area (Å²) in [4.78, 5) is 23.1. The summed E-state index contributed by atoms with van der Waals surface area (Å²) in [5.74, 6) is -0.981. The summed E-state index contributed by atoms with van der Waals surface area (Å²) >= 11 is 0. The van der Waals surface area contributed by atoms with E-state index in [4.69, 9.17) is 10.8 Å². The van der Waals surface area contributed by atoms with E-state index >= 15 is 0 Å². The van der Waals surface area contributed by atoms with Gasteiger partial charge in [0.1, 0.15) is 6.04 Å². The second-order valence-electron chi connectivity index (χ2n) is 4.07. The Morgan fingerprint density at radius 1 is 1.33 bits per heavy atom. The van der Waals surface area contributed by atoms with Crippen LogP contribution in [0.3, 0.4) is 0 Å². The molecule has 1 unspecified atom stereocenters. The number of para-hydroxylation sites is 1. The van der Waals surface area contributed by atoms with Crippen LogP contribution in [0.15, 0.2) is 30.3 Å². The Kier molecular flexibility index (Phi) is 5.87. The van der Waals surface area contributed by atoms with Gasteiger partial charge in [-0.3, -0.25) is 9.59 Å². The molecular formula is C13H18N2O3. The molecule has 1 atom stereocenters. The summed E-state index contributed by atoms with van der Waals surface area (Å²) in [6.07, 6.45) is 2.63. The number of unbranched alkanes of at least 4 members (excludes halogenated alkanes) is 1. The fraction of sp³-hybridized carbons (Fsp3) is 0.385. The Balaban J connectivity index is 2.33. The van der Waals surface area contributed by atoms with Gasteiger partial charge in [-0.15, -0.1) is 0 Å². The topological polar surface area (TPSA) is 83.6 Å². The van der Waals surface area contributed by atoms with Crippen LogP contribution in [0.5, 0.6) is 0 Å². The van der Waals surface area contributed by atoms with Crippen LogP contribution in [0, 0.1) is 0 Å². The highest BCUT2D eigenvalue weighted by atomic mass is 16.4. The van der Waals surface area contributed by atoms with Crippen LogP contribution in [0.1, 0.15) is 19.3 Å². The average Bonchev–Trinajstić information content (AvgIpc) is 2.39. The highest BCUT2D eigenvalue weighted by Gasteiger charge is 2.11. The lowest BCUT2D eigenvalue weighted by Crippen LogP contribution is -2.30. The number of carbonyl (C=O) groups excluding carboxylic acids is 1. The van der Waals surface area contributed by atoms with E-state index in [1.165, 1.54) is 0 Å². The van der Waals surface area contributed by atoms with E-state index in [0.717, 1.165) is 18.5 Å². The van der Waals surface area contributed by atoms with Gasteiger partial charge in [-0.1, -0.05) is 18.2 Å². The van der Waals surface area contributed by atoms with Crippen molar-refractivity contribution in [3.8, 4) is 0 Å². The Morgan fingerprint density at radius 2 is 2.00 bits per heavy atom. The molecule has 0 aromatic heterocycles. The molecule has 0 heterocycles. The van der Waals surface area contributed by atoms with Gasteiger partial charge in [-0.2, -0.15) is 0 Å². The van der Waals surface area contributed by atoms with Crippen LogP contribution in [-0.2, 0) is 9.59 Å². The zero-order valence-corrected chi connectivity index (χ0v) is 10.2. The first-order chi connectivity index (χ1) is 8.65. The molecule has 18 heavy (non-hydrogen) atoms. The third kappa shape index (κ3) is 4.55. The van der Waals surface area contributed by atoms with Crippen molar-refractivity contribution in [3.05, 3.63) is 30.3 Å². The number of carboxylic acids is 1. The fourth-order valence-corrected chi connectivity index (χ4v) is 1.63. The summed E-state index contributed by atoms with van der Waals surface area (Å²) in [5.41, 5.74) is 6.24. The van der Waals surface area contributed by atoms with Crippen LogP contribution < -0.4 is 10.6 Å². The Labute approximate surface area is 106 Å². The molecule has 0 aliphatic rings. The molecule has 0 radical (unpaired) electrons. The summed E-state index contributed by atoms with van der Waals surface area (Å²) in [5, 5.41) is 8.62. The molecule has 98 valence electrons. The van der Waals surface area contributed by atoms with E-state index in [1.54, 1.807) is 4.90 Å². The van der Waals surface area contributed by atoms with Gasteiger partial charge in [0, 0.05) is 12.2 Å². The van der Waals surface area contributed by atoms with Gasteiger partial charge in [0.15, 0.2) is 0 Å². The van der Waals surface area contributed by atoms with Crippen molar-refractivity contribution in [1.82, 2.24) is 0 Å². The van der Waals surface area contributed by atoms with Crippen molar-refractivity contribution in [2.24, 2.45) is 5.73 Å². The fourth-order valence-electron chi connectivity index (χ4n) is 1.63. The van der Waals surface area contributed by atoms with Gasteiger partial charge in [0.05, 0.1) is 0 Å². The third-order valence-corrected chi connectivity index (χ3v) is 2.70. The number of aliphatic carboxylic acids is 1. The van der Waals surface area contributed by atoms with E-state index < -0.39 is 12.0 Å². The van der Waals surface area contributed by atoms with E-state index in [0.29, 0.717) is 19.4 Å². The van der Waals surface area contributed by atoms with Gasteiger partial charge >= 0.3 is 5.97 Å². The Bertz CT molecular complexity index is 381. The third-order valence-electron chi connectivity index (χ3n) is 2.70. The maximum absolute atomic E-state index is 10.9. The minimum Gasteiger partial charge on any atom is -0.480 e. The van der Waals surface area contributed by atoms with E-state index in [9.17, 15) is 9.59 Å². The number of nitrogens with two attached hydrogens (primary N) is 1. The highest BCUT2D eigenvalue weighted by Crippen LogP contribution is 2.12. The Hall–Kier alpha value is -1.88. The number of carbonyl (C=O) groups is 2. The summed E-state index contributed by atoms with van der Waals surface area (Å²) in [6, 6.07) is 8.53. The zero-order valence-electron chi connectivity index (χ0n) is 10.2. The van der Waals surface area contributed by atoms with Gasteiger partial charge in [-0.25, -0.2) is 0 Å². The maximum atomic E-state index is 10.9. The number of anilines is 1. The molecule has 5 nitrogen and oxygen atoms in total. The normalized spacial score (nSPS) is 11.8. The van der Waals surface area contributed by atoms with Crippen LogP contribution in [-0.4, -0.2) is 30.1 Å². The molecule has 0 bridgehead atoms. The molecule has 3 N–H and O–H groups in total. The smallest absolute Gasteiger partial charge is 0.320 e. The molecule has 1 aromatic rings. The monoisotopic (exact) mass is 250 g/mol. The molecule has 0 aliphatic heterocycles. The van der Waals surface area contributed by atoms with E-state index in [2.05, 4.69) is 0 Å². The second kappa shape index (κ2) is 7.45. The van der Waals surface area contributed by atoms with Crippen molar-refractivity contribution in [1.29, 1.82) is 0 Å². The first kappa shape index (κ1) is 14.2. The lowest BCUT2D eigenvalue weighted by molar-refractivity contribution is -0.138. The average molecular weight is 250 g/mol. The van der Waals surface area contributed by atoms with Gasteiger partial charge in [0.25, 0.3) is 0 Å². The summed E-state index contributed by atoms with van der Waals surface area (Å²) in [6.45, 7) is 0.569. The molecule has 1 aromatic carbocycles. The number of amides is 1. The molecule has 5 heteroatoms. The minimum atomic E-state index is -0.981. The predicted octanol–water partition coefficient (Wildman–Crippen LogP) is 1.23. The highest BCUT2D eigenvalue weighted by molar-refractivity contribution is 5.74. The first-order valence-electron chi connectivity index (χ1n) is 5.90. The van der Waals surface area contributed by atoms with Crippen molar-refractivity contribution >= 4 is 18.1 Å². The number of hydrogen-bond acceptors (Lipinski definition) is 3. The lowest BCUT2D eigenvalue weighted by atomic mass is 10.1. The van der Waals surface area contributed by atoms with Crippen LogP contribution in [0.25, 0.3) is 0 Å². The van der Waals surface area contributed by atoms with E-state index in [-0.39, 0.29) is 0 Å². The molecule has 0 fully saturated rings. The molecule has 0 saturated heterocycles. The second-order valence-corrected chi connectivity index (χ2v) is 4.07. The standard InChI is InChI=1S/C13H18N2O3/c14-12(13(17)18)8-4-5-9-15(10-16)11-6-2-1-3-7-11/h1-3,6-7,10,12H,4-5,8-9,14H2,(H,17,18). The molecule has 1 rings (SSSR count). The minimum absolute atomic E-state index is 0.427. The van der Waals surface area contributed by atoms with Crippen LogP contribution in [0.4, 0.5) is 5.69 Å². The largest absolute Gasteiger partial charge is 0.480 e. The predicted molar refractivity (Wildman–Crippen MR) is 69.3 cm³/mol. The number of benzene rings is 1. The maximum Gasteiger partial charge on any atom is 0.320 e. The zero-order chi connectivity index (χ0) is 13.4. The number of nitrogens with zero attached hydrogens (tertiary/aromatic N) is 1. The molecular weight excluding hydrogens is 232 g/mol. The molecule has 0 saturated carbocycles. The van der Waals surface area contributed by atoms with Gasteiger partial charge < -0.3 is 15.7 Å². The first-order valence-corrected chi connectivity index (χ1v) is 5.90. The van der Waals surface area contributed by atoms with Crippen LogP contribution in [0.2, 0.25) is 0 Å². The molecule has 1 amide bonds. The number of hydrogen-bond donors (Lipinski definition) is 2. The van der Waals surface area contributed by atoms with Crippen molar-refractivity contribution < 1.29 is 14.7 Å². The molecule has 0 spiro atoms. The van der Waals surface area contributed by atoms with Crippen molar-refractivity contribution in [2.45, 2.75) is 25.3 Å². The van der Waals surface area contributed by atoms with Gasteiger partial charge in [0.2, 0.25) is 6.41 Å². The van der Waals surface area contributed by atoms with Crippen LogP contribution >= 0.6 is 0 Å². The summed E-state index contributed by atoms with van der Waals surface area (Å²) in [7, 11) is 0. The SMILES string of the molecule is NC(CCCCN(C=O)c1ccccc1)C(=O)O. The lowest BCUT2D eigenvalue weighted by Gasteiger charge is -2.17. The quantitative estimate of drug-likeness (QED) is 0.537. The van der Waals surface area contributed by atoms with Crippen molar-refractivity contribution in [2.75, 3.05) is 11.4 Å². The Morgan fingerprint density at radius 3 is 2.56 bits per heavy atom. The summed E-state index contributed by atoms with van der Waals surface area (Å²) < 4.78 is 0. The van der Waals surface area contributed by atoms with Crippen molar-refractivity contribution in [3.63, 3.8) is 0 Å².